The van der Waals surface area contributed by atoms with Gasteiger partial charge < -0.3 is 18.9 Å². The molecular formula is C25H24N2O6. The summed E-state index contributed by atoms with van der Waals surface area (Å²) in [5.41, 5.74) is 3.93. The number of nitrogens with one attached hydrogen (secondary N) is 1. The average Bonchev–Trinajstić information content (AvgIpc) is 2.85. The third kappa shape index (κ3) is 6.33. The van der Waals surface area contributed by atoms with E-state index in [-0.39, 0.29) is 11.7 Å². The van der Waals surface area contributed by atoms with Crippen molar-refractivity contribution >= 4 is 18.1 Å². The molecule has 0 saturated heterocycles. The number of nitrogens with zero attached hydrogens (tertiary/aromatic N) is 1. The maximum Gasteiger partial charge on any atom is 0.343 e. The summed E-state index contributed by atoms with van der Waals surface area (Å²) in [6.45, 7) is 2.43. The van der Waals surface area contributed by atoms with Gasteiger partial charge in [-0.2, -0.15) is 5.10 Å². The van der Waals surface area contributed by atoms with E-state index in [1.807, 2.05) is 6.92 Å². The van der Waals surface area contributed by atoms with Crippen molar-refractivity contribution in [2.75, 3.05) is 20.8 Å². The molecule has 1 amide bonds. The molecule has 170 valence electrons. The average molecular weight is 448 g/mol. The Kier molecular flexibility index (Phi) is 8.02. The molecule has 3 aromatic rings. The lowest BCUT2D eigenvalue weighted by Gasteiger charge is -2.10. The van der Waals surface area contributed by atoms with Gasteiger partial charge in [-0.3, -0.25) is 4.79 Å². The molecule has 0 spiro atoms. The van der Waals surface area contributed by atoms with E-state index in [9.17, 15) is 9.59 Å². The molecular weight excluding hydrogens is 424 g/mol. The van der Waals surface area contributed by atoms with E-state index in [0.29, 0.717) is 40.5 Å². The number of hydrogen-bond acceptors (Lipinski definition) is 7. The Morgan fingerprint density at radius 1 is 0.848 bits per heavy atom. The van der Waals surface area contributed by atoms with Crippen molar-refractivity contribution in [3.8, 4) is 23.0 Å². The van der Waals surface area contributed by atoms with Gasteiger partial charge in [-0.1, -0.05) is 0 Å². The van der Waals surface area contributed by atoms with Crippen molar-refractivity contribution in [2.45, 2.75) is 6.92 Å². The van der Waals surface area contributed by atoms with Gasteiger partial charge in [-0.25, -0.2) is 10.2 Å². The van der Waals surface area contributed by atoms with Crippen molar-refractivity contribution in [3.05, 3.63) is 83.4 Å². The molecule has 0 fully saturated rings. The minimum atomic E-state index is -0.524. The quantitative estimate of drug-likeness (QED) is 0.229. The van der Waals surface area contributed by atoms with Crippen LogP contribution in [0.2, 0.25) is 0 Å². The largest absolute Gasteiger partial charge is 0.497 e. The molecule has 8 nitrogen and oxygen atoms in total. The highest BCUT2D eigenvalue weighted by atomic mass is 16.6. The fourth-order valence-electron chi connectivity index (χ4n) is 2.83. The second-order valence-electron chi connectivity index (χ2n) is 6.68. The molecule has 3 rings (SSSR count). The number of methoxy groups -OCH3 is 2. The fourth-order valence-corrected chi connectivity index (χ4v) is 2.83. The van der Waals surface area contributed by atoms with Crippen LogP contribution < -0.4 is 24.4 Å². The molecule has 0 aromatic heterocycles. The predicted molar refractivity (Wildman–Crippen MR) is 124 cm³/mol. The number of rotatable bonds is 9. The Balaban J connectivity index is 1.63. The normalized spacial score (nSPS) is 10.5. The summed E-state index contributed by atoms with van der Waals surface area (Å²) in [6.07, 6.45) is 1.46. The van der Waals surface area contributed by atoms with E-state index in [1.165, 1.54) is 13.3 Å². The van der Waals surface area contributed by atoms with Crippen molar-refractivity contribution in [1.29, 1.82) is 0 Å². The second kappa shape index (κ2) is 11.3. The van der Waals surface area contributed by atoms with E-state index in [0.717, 1.165) is 0 Å². The lowest BCUT2D eigenvalue weighted by Crippen LogP contribution is -2.17. The molecule has 0 heterocycles. The number of benzene rings is 3. The van der Waals surface area contributed by atoms with E-state index >= 15 is 0 Å². The van der Waals surface area contributed by atoms with Crippen LogP contribution in [0.5, 0.6) is 23.0 Å². The smallest absolute Gasteiger partial charge is 0.343 e. The molecule has 0 saturated carbocycles. The van der Waals surface area contributed by atoms with Crippen molar-refractivity contribution in [2.24, 2.45) is 5.10 Å². The van der Waals surface area contributed by atoms with Crippen LogP contribution in [0.4, 0.5) is 0 Å². The van der Waals surface area contributed by atoms with Gasteiger partial charge in [0.2, 0.25) is 0 Å². The van der Waals surface area contributed by atoms with Crippen LogP contribution in [-0.4, -0.2) is 38.9 Å². The minimum Gasteiger partial charge on any atom is -0.497 e. The van der Waals surface area contributed by atoms with E-state index < -0.39 is 5.97 Å². The van der Waals surface area contributed by atoms with Crippen molar-refractivity contribution < 1.29 is 28.5 Å². The molecule has 33 heavy (non-hydrogen) atoms. The zero-order valence-electron chi connectivity index (χ0n) is 18.5. The number of ether oxygens (including phenoxy) is 4. The Morgan fingerprint density at radius 2 is 1.52 bits per heavy atom. The van der Waals surface area contributed by atoms with E-state index in [2.05, 4.69) is 10.5 Å². The van der Waals surface area contributed by atoms with Crippen LogP contribution in [0.15, 0.2) is 71.8 Å². The van der Waals surface area contributed by atoms with Crippen LogP contribution >= 0.6 is 0 Å². The molecule has 0 aliphatic carbocycles. The highest BCUT2D eigenvalue weighted by Gasteiger charge is 2.13. The van der Waals surface area contributed by atoms with Gasteiger partial charge in [-0.05, 0) is 79.2 Å². The highest BCUT2D eigenvalue weighted by Crippen LogP contribution is 2.28. The first-order valence-electron chi connectivity index (χ1n) is 10.1. The van der Waals surface area contributed by atoms with Crippen LogP contribution in [-0.2, 0) is 0 Å². The zero-order valence-corrected chi connectivity index (χ0v) is 18.5. The first-order chi connectivity index (χ1) is 16.0. The minimum absolute atomic E-state index is 0.260. The lowest BCUT2D eigenvalue weighted by atomic mass is 10.2. The van der Waals surface area contributed by atoms with Gasteiger partial charge >= 0.3 is 5.97 Å². The number of hydrogen-bond donors (Lipinski definition) is 1. The fraction of sp³-hybridized carbons (Fsp3) is 0.160. The first-order valence-corrected chi connectivity index (χ1v) is 10.1. The highest BCUT2D eigenvalue weighted by molar-refractivity contribution is 5.95. The number of esters is 1. The number of carbonyl (C=O) groups is 2. The summed E-state index contributed by atoms with van der Waals surface area (Å²) in [5.74, 6) is 1.06. The standard InChI is InChI=1S/C25H24N2O6/c1-4-32-21-12-8-19(9-13-21)25(29)33-22-14-5-17(15-23(22)31-3)16-26-27-24(28)18-6-10-20(30-2)11-7-18/h5-16H,4H2,1-3H3,(H,27,28)/b26-16-. The predicted octanol–water partition coefficient (Wildman–Crippen LogP) is 4.09. The molecule has 8 heteroatoms. The van der Waals surface area contributed by atoms with Gasteiger partial charge in [-0.15, -0.1) is 0 Å². The summed E-state index contributed by atoms with van der Waals surface area (Å²) in [5, 5.41) is 3.97. The van der Waals surface area contributed by atoms with Crippen LogP contribution in [0, 0.1) is 0 Å². The Bertz CT molecular complexity index is 1120. The van der Waals surface area contributed by atoms with Gasteiger partial charge in [0.1, 0.15) is 11.5 Å². The first kappa shape index (κ1) is 23.3. The molecule has 0 bridgehead atoms. The van der Waals surface area contributed by atoms with Crippen LogP contribution in [0.3, 0.4) is 0 Å². The van der Waals surface area contributed by atoms with Crippen molar-refractivity contribution in [3.63, 3.8) is 0 Å². The van der Waals surface area contributed by atoms with Gasteiger partial charge in [0.05, 0.1) is 32.6 Å². The molecule has 0 aliphatic heterocycles. The molecule has 0 radical (unpaired) electrons. The third-order valence-corrected chi connectivity index (χ3v) is 4.52. The van der Waals surface area contributed by atoms with Crippen molar-refractivity contribution in [1.82, 2.24) is 5.43 Å². The third-order valence-electron chi connectivity index (χ3n) is 4.52. The van der Waals surface area contributed by atoms with E-state index in [1.54, 1.807) is 73.8 Å². The molecule has 1 N–H and O–H groups in total. The summed E-state index contributed by atoms with van der Waals surface area (Å²) in [6, 6.07) is 18.3. The van der Waals surface area contributed by atoms with E-state index in [4.69, 9.17) is 18.9 Å². The van der Waals surface area contributed by atoms with Gasteiger partial charge in [0, 0.05) is 5.56 Å². The summed E-state index contributed by atoms with van der Waals surface area (Å²) in [4.78, 5) is 24.6. The summed E-state index contributed by atoms with van der Waals surface area (Å²) < 4.78 is 21.2. The molecule has 0 atom stereocenters. The summed E-state index contributed by atoms with van der Waals surface area (Å²) in [7, 11) is 3.02. The zero-order chi connectivity index (χ0) is 23.6. The molecule has 3 aromatic carbocycles. The number of hydrazone groups is 1. The lowest BCUT2D eigenvalue weighted by molar-refractivity contribution is 0.0729. The Labute approximate surface area is 191 Å². The topological polar surface area (TPSA) is 95.5 Å². The molecule has 0 aliphatic rings. The second-order valence-corrected chi connectivity index (χ2v) is 6.68. The molecule has 0 unspecified atom stereocenters. The Morgan fingerprint density at radius 3 is 2.15 bits per heavy atom. The SMILES string of the molecule is CCOc1ccc(C(=O)Oc2ccc(/C=N\NC(=O)c3ccc(OC)cc3)cc2OC)cc1. The van der Waals surface area contributed by atoms with Gasteiger partial charge in [0.15, 0.2) is 11.5 Å². The summed E-state index contributed by atoms with van der Waals surface area (Å²) >= 11 is 0. The number of carbonyl (C=O) groups excluding carboxylic acids is 2. The maximum absolute atomic E-state index is 12.5. The van der Waals surface area contributed by atoms with Gasteiger partial charge in [0.25, 0.3) is 5.91 Å². The van der Waals surface area contributed by atoms with Crippen LogP contribution in [0.1, 0.15) is 33.2 Å². The van der Waals surface area contributed by atoms with Crippen LogP contribution in [0.25, 0.3) is 0 Å². The monoisotopic (exact) mass is 448 g/mol. The maximum atomic E-state index is 12.5. The Hall–Kier alpha value is -4.33. The number of amides is 1.